The van der Waals surface area contributed by atoms with E-state index in [0.29, 0.717) is 25.0 Å². The largest absolute Gasteiger partial charge is 0.444 e. The van der Waals surface area contributed by atoms with E-state index >= 15 is 0 Å². The molecule has 1 aliphatic rings. The summed E-state index contributed by atoms with van der Waals surface area (Å²) >= 11 is 0. The number of benzene rings is 2. The van der Waals surface area contributed by atoms with Crippen LogP contribution in [-0.4, -0.2) is 59.1 Å². The Morgan fingerprint density at radius 2 is 1.46 bits per heavy atom. The van der Waals surface area contributed by atoms with Gasteiger partial charge in [-0.05, 0) is 69.9 Å². The molecule has 1 saturated heterocycles. The predicted octanol–water partition coefficient (Wildman–Crippen LogP) is 7.91. The maximum Gasteiger partial charge on any atom is 0.416 e. The van der Waals surface area contributed by atoms with Crippen LogP contribution in [0.25, 0.3) is 0 Å². The number of urea groups is 1. The number of carbonyl (C=O) groups excluding carboxylic acids is 2. The van der Waals surface area contributed by atoms with Crippen molar-refractivity contribution in [1.82, 2.24) is 14.7 Å². The van der Waals surface area contributed by atoms with Crippen molar-refractivity contribution in [2.75, 3.05) is 20.6 Å². The minimum Gasteiger partial charge on any atom is -0.444 e. The molecule has 12 heteroatoms. The van der Waals surface area contributed by atoms with Crippen molar-refractivity contribution in [3.05, 3.63) is 70.8 Å². The standard InChI is InChI=1S/C29H35F6N3O3/c1-18(20-15-21(28(30,31)32)17-22(16-20)29(33,34)35)36(5)25(39)38-14-10-13-23(24(38)19-11-8-7-9-12-19)37(6)26(40)41-27(2,3)4/h7-9,11-12,15-18,23-24H,10,13-14H2,1-6H3. The van der Waals surface area contributed by atoms with E-state index in [9.17, 15) is 35.9 Å². The fourth-order valence-corrected chi connectivity index (χ4v) is 4.93. The van der Waals surface area contributed by atoms with E-state index in [1.165, 1.54) is 23.8 Å². The maximum absolute atomic E-state index is 13.9. The van der Waals surface area contributed by atoms with Crippen molar-refractivity contribution in [2.24, 2.45) is 0 Å². The van der Waals surface area contributed by atoms with Crippen LogP contribution in [0, 0.1) is 0 Å². The van der Waals surface area contributed by atoms with Gasteiger partial charge >= 0.3 is 24.5 Å². The molecule has 2 aromatic carbocycles. The van der Waals surface area contributed by atoms with Gasteiger partial charge < -0.3 is 19.4 Å². The van der Waals surface area contributed by atoms with Gasteiger partial charge in [-0.15, -0.1) is 0 Å². The van der Waals surface area contributed by atoms with Gasteiger partial charge in [0, 0.05) is 20.6 Å². The molecule has 6 nitrogen and oxygen atoms in total. The van der Waals surface area contributed by atoms with Crippen LogP contribution in [0.2, 0.25) is 0 Å². The van der Waals surface area contributed by atoms with Crippen molar-refractivity contribution >= 4 is 12.1 Å². The number of rotatable bonds is 4. The highest BCUT2D eigenvalue weighted by Crippen LogP contribution is 2.40. The van der Waals surface area contributed by atoms with E-state index in [1.54, 1.807) is 58.2 Å². The van der Waals surface area contributed by atoms with Crippen LogP contribution in [0.15, 0.2) is 48.5 Å². The molecule has 41 heavy (non-hydrogen) atoms. The Kier molecular flexibility index (Phi) is 9.24. The monoisotopic (exact) mass is 587 g/mol. The molecule has 0 bridgehead atoms. The van der Waals surface area contributed by atoms with Crippen LogP contribution in [-0.2, 0) is 17.1 Å². The van der Waals surface area contributed by atoms with Crippen LogP contribution in [0.4, 0.5) is 35.9 Å². The van der Waals surface area contributed by atoms with Gasteiger partial charge in [0.2, 0.25) is 0 Å². The van der Waals surface area contributed by atoms with E-state index < -0.39 is 59.3 Å². The Hall–Kier alpha value is -3.44. The van der Waals surface area contributed by atoms with Crippen molar-refractivity contribution in [3.8, 4) is 0 Å². The minimum absolute atomic E-state index is 0.0607. The number of alkyl halides is 6. The average Bonchev–Trinajstić information content (AvgIpc) is 2.89. The third-order valence-corrected chi connectivity index (χ3v) is 7.14. The molecular weight excluding hydrogens is 552 g/mol. The lowest BCUT2D eigenvalue weighted by atomic mass is 9.89. The number of ether oxygens (including phenoxy) is 1. The molecule has 0 aliphatic carbocycles. The van der Waals surface area contributed by atoms with Crippen LogP contribution in [0.5, 0.6) is 0 Å². The molecule has 3 unspecified atom stereocenters. The first-order valence-electron chi connectivity index (χ1n) is 13.1. The van der Waals surface area contributed by atoms with Gasteiger partial charge in [-0.2, -0.15) is 26.3 Å². The Morgan fingerprint density at radius 1 is 0.927 bits per heavy atom. The Labute approximate surface area is 235 Å². The zero-order valence-electron chi connectivity index (χ0n) is 23.8. The van der Waals surface area contributed by atoms with Gasteiger partial charge in [-0.1, -0.05) is 30.3 Å². The highest BCUT2D eigenvalue weighted by atomic mass is 19.4. The second-order valence-corrected chi connectivity index (χ2v) is 11.3. The Bertz CT molecular complexity index is 1190. The van der Waals surface area contributed by atoms with Gasteiger partial charge in [0.05, 0.1) is 29.3 Å². The summed E-state index contributed by atoms with van der Waals surface area (Å²) in [5, 5.41) is 0. The number of likely N-dealkylation sites (tertiary alicyclic amines) is 1. The van der Waals surface area contributed by atoms with Gasteiger partial charge in [-0.3, -0.25) is 0 Å². The van der Waals surface area contributed by atoms with Crippen LogP contribution in [0.1, 0.15) is 74.9 Å². The molecule has 1 heterocycles. The molecule has 2 aromatic rings. The van der Waals surface area contributed by atoms with Crippen molar-refractivity contribution in [2.45, 2.75) is 76.6 Å². The van der Waals surface area contributed by atoms with Crippen molar-refractivity contribution in [1.29, 1.82) is 0 Å². The number of hydrogen-bond donors (Lipinski definition) is 0. The summed E-state index contributed by atoms with van der Waals surface area (Å²) in [4.78, 5) is 30.9. The Balaban J connectivity index is 1.99. The number of likely N-dealkylation sites (N-methyl/N-ethyl adjacent to an activating group) is 1. The lowest BCUT2D eigenvalue weighted by Gasteiger charge is -2.46. The summed E-state index contributed by atoms with van der Waals surface area (Å²) in [5.41, 5.74) is -3.24. The van der Waals surface area contributed by atoms with Crippen molar-refractivity contribution < 1.29 is 40.7 Å². The first-order chi connectivity index (χ1) is 18.8. The normalized spacial score (nSPS) is 19.0. The number of carbonyl (C=O) groups is 2. The number of amides is 3. The summed E-state index contributed by atoms with van der Waals surface area (Å²) < 4.78 is 86.4. The van der Waals surface area contributed by atoms with Crippen LogP contribution < -0.4 is 0 Å². The van der Waals surface area contributed by atoms with Gasteiger partial charge in [0.25, 0.3) is 0 Å². The molecule has 3 atom stereocenters. The van der Waals surface area contributed by atoms with E-state index in [4.69, 9.17) is 4.74 Å². The predicted molar refractivity (Wildman–Crippen MR) is 141 cm³/mol. The van der Waals surface area contributed by atoms with E-state index in [-0.39, 0.29) is 18.2 Å². The fraction of sp³-hybridized carbons (Fsp3) is 0.517. The second-order valence-electron chi connectivity index (χ2n) is 11.3. The van der Waals surface area contributed by atoms with Gasteiger partial charge in [0.15, 0.2) is 0 Å². The summed E-state index contributed by atoms with van der Waals surface area (Å²) in [7, 11) is 2.92. The SMILES string of the molecule is CC(c1cc(C(F)(F)F)cc(C(F)(F)F)c1)N(C)C(=O)N1CCCC(N(C)C(=O)OC(C)(C)C)C1c1ccccc1. The smallest absolute Gasteiger partial charge is 0.416 e. The third-order valence-electron chi connectivity index (χ3n) is 7.14. The van der Waals surface area contributed by atoms with Crippen LogP contribution in [0.3, 0.4) is 0 Å². The quantitative estimate of drug-likeness (QED) is 0.342. The number of piperidine rings is 1. The third kappa shape index (κ3) is 7.65. The molecule has 1 fully saturated rings. The van der Waals surface area contributed by atoms with E-state index in [1.807, 2.05) is 0 Å². The van der Waals surface area contributed by atoms with E-state index in [2.05, 4.69) is 0 Å². The average molecular weight is 588 g/mol. The summed E-state index contributed by atoms with van der Waals surface area (Å²) in [6, 6.07) is 7.42. The van der Waals surface area contributed by atoms with E-state index in [0.717, 1.165) is 10.5 Å². The zero-order chi connectivity index (χ0) is 30.9. The number of hydrogen-bond acceptors (Lipinski definition) is 3. The fourth-order valence-electron chi connectivity index (χ4n) is 4.93. The molecule has 0 spiro atoms. The van der Waals surface area contributed by atoms with Gasteiger partial charge in [0.1, 0.15) is 5.60 Å². The molecule has 0 radical (unpaired) electrons. The van der Waals surface area contributed by atoms with Gasteiger partial charge in [-0.25, -0.2) is 9.59 Å². The molecule has 1 aliphatic heterocycles. The van der Waals surface area contributed by atoms with Crippen molar-refractivity contribution in [3.63, 3.8) is 0 Å². The summed E-state index contributed by atoms with van der Waals surface area (Å²) in [6.07, 6.45) is -9.55. The minimum atomic E-state index is -5.01. The first kappa shape index (κ1) is 32.1. The lowest BCUT2D eigenvalue weighted by Crippen LogP contribution is -2.55. The topological polar surface area (TPSA) is 53.1 Å². The highest BCUT2D eigenvalue weighted by Gasteiger charge is 2.42. The molecule has 3 amide bonds. The highest BCUT2D eigenvalue weighted by molar-refractivity contribution is 5.76. The maximum atomic E-state index is 13.9. The molecule has 226 valence electrons. The molecular formula is C29H35F6N3O3. The lowest BCUT2D eigenvalue weighted by molar-refractivity contribution is -0.143. The second kappa shape index (κ2) is 11.8. The summed E-state index contributed by atoms with van der Waals surface area (Å²) in [5.74, 6) is 0. The number of halogens is 6. The first-order valence-corrected chi connectivity index (χ1v) is 13.1. The molecule has 0 saturated carbocycles. The summed E-state index contributed by atoms with van der Waals surface area (Å²) in [6.45, 7) is 6.85. The molecule has 0 aromatic heterocycles. The zero-order valence-corrected chi connectivity index (χ0v) is 23.8. The van der Waals surface area contributed by atoms with Crippen LogP contribution >= 0.6 is 0 Å². The number of nitrogens with zero attached hydrogens (tertiary/aromatic N) is 3. The molecule has 3 rings (SSSR count). The molecule has 0 N–H and O–H groups in total. The Morgan fingerprint density at radius 3 is 1.95 bits per heavy atom.